The van der Waals surface area contributed by atoms with Gasteiger partial charge in [-0.25, -0.2) is 9.97 Å². The van der Waals surface area contributed by atoms with E-state index in [2.05, 4.69) is 21.4 Å². The third-order valence-corrected chi connectivity index (χ3v) is 3.40. The molecule has 2 aromatic rings. The standard InChI is InChI=1S/C12H15N3OS/c1-2-10-11(13)14-8-15-12(10)16-6-5-9-4-3-7-17-9/h3-4,7-8H,2,5-6H2,1H3,(H2,13,14,15). The molecule has 2 aromatic heterocycles. The number of anilines is 1. The lowest BCUT2D eigenvalue weighted by Gasteiger charge is -2.09. The maximum atomic E-state index is 5.77. The molecule has 90 valence electrons. The highest BCUT2D eigenvalue weighted by Gasteiger charge is 2.08. The summed E-state index contributed by atoms with van der Waals surface area (Å²) in [6.07, 6.45) is 3.11. The molecule has 0 spiro atoms. The lowest BCUT2D eigenvalue weighted by atomic mass is 10.2. The number of ether oxygens (including phenoxy) is 1. The summed E-state index contributed by atoms with van der Waals surface area (Å²) in [5.41, 5.74) is 6.66. The molecule has 0 bridgehead atoms. The minimum absolute atomic E-state index is 0.508. The Hall–Kier alpha value is -1.62. The van der Waals surface area contributed by atoms with E-state index in [-0.39, 0.29) is 0 Å². The van der Waals surface area contributed by atoms with Crippen LogP contribution in [0, 0.1) is 0 Å². The molecule has 0 unspecified atom stereocenters. The van der Waals surface area contributed by atoms with E-state index in [1.165, 1.54) is 11.2 Å². The van der Waals surface area contributed by atoms with E-state index in [0.29, 0.717) is 18.3 Å². The van der Waals surface area contributed by atoms with Gasteiger partial charge in [0, 0.05) is 11.3 Å². The van der Waals surface area contributed by atoms with Crippen molar-refractivity contribution in [1.82, 2.24) is 9.97 Å². The molecule has 5 heteroatoms. The van der Waals surface area contributed by atoms with Crippen molar-refractivity contribution in [2.45, 2.75) is 19.8 Å². The smallest absolute Gasteiger partial charge is 0.221 e. The molecule has 2 N–H and O–H groups in total. The van der Waals surface area contributed by atoms with Crippen LogP contribution in [0.2, 0.25) is 0 Å². The van der Waals surface area contributed by atoms with Crippen molar-refractivity contribution in [2.75, 3.05) is 12.3 Å². The number of nitrogen functional groups attached to an aromatic ring is 1. The van der Waals surface area contributed by atoms with Crippen LogP contribution >= 0.6 is 11.3 Å². The number of hydrogen-bond acceptors (Lipinski definition) is 5. The van der Waals surface area contributed by atoms with Gasteiger partial charge in [-0.15, -0.1) is 11.3 Å². The molecule has 4 nitrogen and oxygen atoms in total. The van der Waals surface area contributed by atoms with Crippen LogP contribution in [0.1, 0.15) is 17.4 Å². The van der Waals surface area contributed by atoms with E-state index in [0.717, 1.165) is 18.4 Å². The zero-order chi connectivity index (χ0) is 12.1. The van der Waals surface area contributed by atoms with Crippen molar-refractivity contribution in [1.29, 1.82) is 0 Å². The topological polar surface area (TPSA) is 61.0 Å². The molecule has 0 atom stereocenters. The Morgan fingerprint density at radius 1 is 1.41 bits per heavy atom. The van der Waals surface area contributed by atoms with Crippen LogP contribution in [0.25, 0.3) is 0 Å². The van der Waals surface area contributed by atoms with Gasteiger partial charge in [-0.05, 0) is 17.9 Å². The average Bonchev–Trinajstić information content (AvgIpc) is 2.82. The highest BCUT2D eigenvalue weighted by Crippen LogP contribution is 2.20. The molecular formula is C12H15N3OS. The van der Waals surface area contributed by atoms with E-state index >= 15 is 0 Å². The van der Waals surface area contributed by atoms with Gasteiger partial charge in [-0.2, -0.15) is 0 Å². The van der Waals surface area contributed by atoms with E-state index < -0.39 is 0 Å². The Labute approximate surface area is 104 Å². The lowest BCUT2D eigenvalue weighted by Crippen LogP contribution is -2.07. The normalized spacial score (nSPS) is 10.4. The van der Waals surface area contributed by atoms with Gasteiger partial charge in [0.05, 0.1) is 12.2 Å². The summed E-state index contributed by atoms with van der Waals surface area (Å²) < 4.78 is 5.66. The Bertz CT molecular complexity index is 471. The Balaban J connectivity index is 1.97. The van der Waals surface area contributed by atoms with Gasteiger partial charge in [0.1, 0.15) is 12.1 Å². The molecule has 0 aromatic carbocycles. The number of nitrogens with two attached hydrogens (primary N) is 1. The van der Waals surface area contributed by atoms with Gasteiger partial charge < -0.3 is 10.5 Å². The number of rotatable bonds is 5. The van der Waals surface area contributed by atoms with Crippen molar-refractivity contribution in [3.63, 3.8) is 0 Å². The van der Waals surface area contributed by atoms with Gasteiger partial charge in [0.25, 0.3) is 0 Å². The maximum absolute atomic E-state index is 5.77. The summed E-state index contributed by atoms with van der Waals surface area (Å²) in [6.45, 7) is 2.63. The first kappa shape index (κ1) is 11.9. The van der Waals surface area contributed by atoms with Crippen LogP contribution in [-0.4, -0.2) is 16.6 Å². The largest absolute Gasteiger partial charge is 0.477 e. The molecular weight excluding hydrogens is 234 g/mol. The number of aromatic nitrogens is 2. The molecule has 0 saturated heterocycles. The predicted octanol–water partition coefficient (Wildman–Crippen LogP) is 2.30. The summed E-state index contributed by atoms with van der Waals surface area (Å²) in [5, 5.41) is 2.06. The van der Waals surface area contributed by atoms with E-state index in [1.54, 1.807) is 11.3 Å². The van der Waals surface area contributed by atoms with Crippen LogP contribution in [-0.2, 0) is 12.8 Å². The van der Waals surface area contributed by atoms with Crippen LogP contribution in [0.4, 0.5) is 5.82 Å². The first-order chi connectivity index (χ1) is 8.31. The third-order valence-electron chi connectivity index (χ3n) is 2.46. The average molecular weight is 249 g/mol. The molecule has 0 aliphatic heterocycles. The van der Waals surface area contributed by atoms with Crippen LogP contribution in [0.3, 0.4) is 0 Å². The van der Waals surface area contributed by atoms with Gasteiger partial charge >= 0.3 is 0 Å². The first-order valence-corrected chi connectivity index (χ1v) is 6.43. The molecule has 17 heavy (non-hydrogen) atoms. The Morgan fingerprint density at radius 2 is 2.29 bits per heavy atom. The monoisotopic (exact) mass is 249 g/mol. The molecule has 0 aliphatic rings. The highest BCUT2D eigenvalue weighted by atomic mass is 32.1. The summed E-state index contributed by atoms with van der Waals surface area (Å²) in [5.74, 6) is 1.12. The minimum atomic E-state index is 0.508. The molecule has 0 fully saturated rings. The molecule has 0 amide bonds. The van der Waals surface area contributed by atoms with E-state index in [4.69, 9.17) is 10.5 Å². The summed E-state index contributed by atoms with van der Waals surface area (Å²) in [6, 6.07) is 4.14. The summed E-state index contributed by atoms with van der Waals surface area (Å²) in [7, 11) is 0. The number of nitrogens with zero attached hydrogens (tertiary/aromatic N) is 2. The molecule has 0 saturated carbocycles. The minimum Gasteiger partial charge on any atom is -0.477 e. The highest BCUT2D eigenvalue weighted by molar-refractivity contribution is 7.09. The predicted molar refractivity (Wildman–Crippen MR) is 69.3 cm³/mol. The van der Waals surface area contributed by atoms with Gasteiger partial charge in [-0.3, -0.25) is 0 Å². The van der Waals surface area contributed by atoms with Crippen molar-refractivity contribution in [3.8, 4) is 5.88 Å². The van der Waals surface area contributed by atoms with Crippen molar-refractivity contribution in [3.05, 3.63) is 34.3 Å². The summed E-state index contributed by atoms with van der Waals surface area (Å²) >= 11 is 1.73. The lowest BCUT2D eigenvalue weighted by molar-refractivity contribution is 0.307. The fourth-order valence-corrected chi connectivity index (χ4v) is 2.26. The number of hydrogen-bond donors (Lipinski definition) is 1. The quantitative estimate of drug-likeness (QED) is 0.883. The van der Waals surface area contributed by atoms with Crippen molar-refractivity contribution < 1.29 is 4.74 Å². The fraction of sp³-hybridized carbons (Fsp3) is 0.333. The van der Waals surface area contributed by atoms with Crippen LogP contribution in [0.15, 0.2) is 23.8 Å². The zero-order valence-corrected chi connectivity index (χ0v) is 10.5. The second-order valence-electron chi connectivity index (χ2n) is 3.57. The Morgan fingerprint density at radius 3 is 3.00 bits per heavy atom. The van der Waals surface area contributed by atoms with Crippen LogP contribution < -0.4 is 10.5 Å². The summed E-state index contributed by atoms with van der Waals surface area (Å²) in [4.78, 5) is 9.39. The Kier molecular flexibility index (Phi) is 3.93. The second kappa shape index (κ2) is 5.63. The molecule has 0 radical (unpaired) electrons. The fourth-order valence-electron chi connectivity index (χ4n) is 1.57. The first-order valence-electron chi connectivity index (χ1n) is 5.55. The second-order valence-corrected chi connectivity index (χ2v) is 4.61. The third kappa shape index (κ3) is 2.94. The van der Waals surface area contributed by atoms with Crippen molar-refractivity contribution in [2.24, 2.45) is 0 Å². The maximum Gasteiger partial charge on any atom is 0.221 e. The number of thiophene rings is 1. The van der Waals surface area contributed by atoms with Gasteiger partial charge in [-0.1, -0.05) is 13.0 Å². The molecule has 2 heterocycles. The molecule has 0 aliphatic carbocycles. The van der Waals surface area contributed by atoms with E-state index in [9.17, 15) is 0 Å². The van der Waals surface area contributed by atoms with E-state index in [1.807, 2.05) is 13.0 Å². The van der Waals surface area contributed by atoms with Crippen LogP contribution in [0.5, 0.6) is 5.88 Å². The molecule has 2 rings (SSSR count). The van der Waals surface area contributed by atoms with Crippen molar-refractivity contribution >= 4 is 17.2 Å². The van der Waals surface area contributed by atoms with Gasteiger partial charge in [0.2, 0.25) is 5.88 Å². The van der Waals surface area contributed by atoms with Gasteiger partial charge in [0.15, 0.2) is 0 Å². The SMILES string of the molecule is CCc1c(N)ncnc1OCCc1cccs1. The zero-order valence-electron chi connectivity index (χ0n) is 9.72.